The molecule has 0 spiro atoms. The van der Waals surface area contributed by atoms with Gasteiger partial charge in [-0.25, -0.2) is 4.79 Å². The van der Waals surface area contributed by atoms with Gasteiger partial charge in [0.15, 0.2) is 5.58 Å². The van der Waals surface area contributed by atoms with Gasteiger partial charge in [0, 0.05) is 27.2 Å². The molecule has 3 nitrogen and oxygen atoms in total. The number of nitrogens with one attached hydrogen (secondary N) is 1. The number of H-pyrrole nitrogens is 1. The smallest absolute Gasteiger partial charge is 0.339 e. The third kappa shape index (κ3) is 1.73. The van der Waals surface area contributed by atoms with Crippen LogP contribution in [0.4, 0.5) is 0 Å². The highest BCUT2D eigenvalue weighted by Crippen LogP contribution is 2.34. The highest BCUT2D eigenvalue weighted by molar-refractivity contribution is 6.15. The third-order valence-electron chi connectivity index (χ3n) is 5.12. The van der Waals surface area contributed by atoms with Crippen LogP contribution >= 0.6 is 0 Å². The van der Waals surface area contributed by atoms with Gasteiger partial charge in [-0.15, -0.1) is 0 Å². The lowest BCUT2D eigenvalue weighted by Gasteiger charge is -2.16. The lowest BCUT2D eigenvalue weighted by Crippen LogP contribution is -2.15. The Morgan fingerprint density at radius 1 is 0.957 bits per heavy atom. The normalized spacial score (nSPS) is 14.7. The second-order valence-electron chi connectivity index (χ2n) is 6.59. The average molecular weight is 303 g/mol. The molecule has 0 atom stereocenters. The van der Waals surface area contributed by atoms with Crippen LogP contribution in [0.15, 0.2) is 39.5 Å². The number of aromatic amines is 1. The van der Waals surface area contributed by atoms with Crippen LogP contribution < -0.4 is 5.63 Å². The molecule has 3 heteroatoms. The zero-order valence-electron chi connectivity index (χ0n) is 13.0. The maximum absolute atomic E-state index is 12.4. The van der Waals surface area contributed by atoms with Gasteiger partial charge in [0.05, 0.1) is 5.52 Å². The summed E-state index contributed by atoms with van der Waals surface area (Å²) in [6, 6.07) is 10.6. The standard InChI is InChI=1S/C20H17NO2/c1-11-6-9-17-16(10-11)13-7-8-14-12-4-2-3-5-15(12)20(22)23-19(14)18(13)21-17/h6-10,21H,2-5H2,1H3. The number of aryl methyl sites for hydroxylation is 2. The van der Waals surface area contributed by atoms with Crippen LogP contribution in [0.25, 0.3) is 32.8 Å². The van der Waals surface area contributed by atoms with Crippen LogP contribution in [0, 0.1) is 6.92 Å². The molecule has 0 unspecified atom stereocenters. The van der Waals surface area contributed by atoms with Crippen molar-refractivity contribution in [1.82, 2.24) is 4.98 Å². The van der Waals surface area contributed by atoms with E-state index in [1.165, 1.54) is 16.5 Å². The first-order valence-corrected chi connectivity index (χ1v) is 8.22. The molecular formula is C20H17NO2. The molecule has 0 fully saturated rings. The van der Waals surface area contributed by atoms with E-state index < -0.39 is 0 Å². The lowest BCUT2D eigenvalue weighted by atomic mass is 9.90. The zero-order chi connectivity index (χ0) is 15.6. The number of benzene rings is 2. The van der Waals surface area contributed by atoms with Crippen molar-refractivity contribution >= 4 is 32.8 Å². The summed E-state index contributed by atoms with van der Waals surface area (Å²) >= 11 is 0. The van der Waals surface area contributed by atoms with E-state index in [4.69, 9.17) is 4.42 Å². The molecule has 23 heavy (non-hydrogen) atoms. The molecule has 2 aromatic carbocycles. The molecule has 1 N–H and O–H groups in total. The maximum atomic E-state index is 12.4. The van der Waals surface area contributed by atoms with E-state index >= 15 is 0 Å². The molecule has 1 aliphatic rings. The zero-order valence-corrected chi connectivity index (χ0v) is 13.0. The van der Waals surface area contributed by atoms with Crippen LogP contribution in [0.1, 0.15) is 29.5 Å². The summed E-state index contributed by atoms with van der Waals surface area (Å²) in [6.07, 6.45) is 4.05. The number of hydrogen-bond acceptors (Lipinski definition) is 2. The van der Waals surface area contributed by atoms with E-state index in [0.717, 1.165) is 53.1 Å². The van der Waals surface area contributed by atoms with Crippen molar-refractivity contribution < 1.29 is 4.42 Å². The number of aromatic nitrogens is 1. The Hall–Kier alpha value is -2.55. The van der Waals surface area contributed by atoms with E-state index in [0.29, 0.717) is 5.58 Å². The molecule has 5 rings (SSSR count). The summed E-state index contributed by atoms with van der Waals surface area (Å²) in [6.45, 7) is 2.09. The van der Waals surface area contributed by atoms with E-state index in [1.807, 2.05) is 0 Å². The minimum atomic E-state index is -0.158. The van der Waals surface area contributed by atoms with E-state index in [1.54, 1.807) is 0 Å². The molecule has 0 bridgehead atoms. The van der Waals surface area contributed by atoms with Gasteiger partial charge in [-0.2, -0.15) is 0 Å². The monoisotopic (exact) mass is 303 g/mol. The highest BCUT2D eigenvalue weighted by Gasteiger charge is 2.20. The number of rotatable bonds is 0. The lowest BCUT2D eigenvalue weighted by molar-refractivity contribution is 0.536. The average Bonchev–Trinajstić information content (AvgIpc) is 2.93. The summed E-state index contributed by atoms with van der Waals surface area (Å²) in [5.41, 5.74) is 5.88. The van der Waals surface area contributed by atoms with Crippen molar-refractivity contribution in [2.45, 2.75) is 32.6 Å². The molecule has 0 radical (unpaired) electrons. The van der Waals surface area contributed by atoms with Crippen LogP contribution in [-0.2, 0) is 12.8 Å². The summed E-state index contributed by atoms with van der Waals surface area (Å²) < 4.78 is 5.75. The summed E-state index contributed by atoms with van der Waals surface area (Å²) in [5, 5.41) is 3.40. The van der Waals surface area contributed by atoms with Gasteiger partial charge in [-0.3, -0.25) is 0 Å². The van der Waals surface area contributed by atoms with Crippen LogP contribution in [0.5, 0.6) is 0 Å². The van der Waals surface area contributed by atoms with Gasteiger partial charge in [-0.1, -0.05) is 23.8 Å². The fourth-order valence-electron chi connectivity index (χ4n) is 3.98. The van der Waals surface area contributed by atoms with Crippen molar-refractivity contribution in [3.05, 3.63) is 57.4 Å². The van der Waals surface area contributed by atoms with Crippen molar-refractivity contribution in [2.24, 2.45) is 0 Å². The summed E-state index contributed by atoms with van der Waals surface area (Å²) in [5.74, 6) is 0. The van der Waals surface area contributed by atoms with E-state index in [9.17, 15) is 4.79 Å². The molecule has 2 heterocycles. The number of hydrogen-bond donors (Lipinski definition) is 1. The molecule has 0 aliphatic heterocycles. The second-order valence-corrected chi connectivity index (χ2v) is 6.59. The molecule has 0 saturated heterocycles. The van der Waals surface area contributed by atoms with Crippen molar-refractivity contribution in [1.29, 1.82) is 0 Å². The molecule has 2 aromatic heterocycles. The highest BCUT2D eigenvalue weighted by atomic mass is 16.4. The minimum absolute atomic E-state index is 0.158. The predicted molar refractivity (Wildman–Crippen MR) is 93.2 cm³/mol. The summed E-state index contributed by atoms with van der Waals surface area (Å²) in [4.78, 5) is 15.9. The van der Waals surface area contributed by atoms with Crippen LogP contribution in [-0.4, -0.2) is 4.98 Å². The van der Waals surface area contributed by atoms with Crippen molar-refractivity contribution in [3.63, 3.8) is 0 Å². The third-order valence-corrected chi connectivity index (χ3v) is 5.12. The van der Waals surface area contributed by atoms with Crippen LogP contribution in [0.2, 0.25) is 0 Å². The fraction of sp³-hybridized carbons (Fsp3) is 0.250. The Balaban J connectivity index is 1.98. The Bertz CT molecular complexity index is 1150. The predicted octanol–water partition coefficient (Wildman–Crippen LogP) is 4.61. The van der Waals surface area contributed by atoms with E-state index in [2.05, 4.69) is 42.2 Å². The summed E-state index contributed by atoms with van der Waals surface area (Å²) in [7, 11) is 0. The quantitative estimate of drug-likeness (QED) is 0.482. The van der Waals surface area contributed by atoms with Gasteiger partial charge in [-0.05, 0) is 50.3 Å². The molecule has 1 aliphatic carbocycles. The van der Waals surface area contributed by atoms with Gasteiger partial charge < -0.3 is 9.40 Å². The van der Waals surface area contributed by atoms with Gasteiger partial charge >= 0.3 is 5.63 Å². The Morgan fingerprint density at radius 2 is 1.74 bits per heavy atom. The first-order valence-electron chi connectivity index (χ1n) is 8.22. The van der Waals surface area contributed by atoms with Gasteiger partial charge in [0.1, 0.15) is 0 Å². The Morgan fingerprint density at radius 3 is 2.61 bits per heavy atom. The first kappa shape index (κ1) is 12.9. The van der Waals surface area contributed by atoms with Crippen molar-refractivity contribution in [2.75, 3.05) is 0 Å². The topological polar surface area (TPSA) is 46.0 Å². The molecule has 0 saturated carbocycles. The molecule has 4 aromatic rings. The maximum Gasteiger partial charge on any atom is 0.339 e. The van der Waals surface area contributed by atoms with Gasteiger partial charge in [0.25, 0.3) is 0 Å². The van der Waals surface area contributed by atoms with Crippen molar-refractivity contribution in [3.8, 4) is 0 Å². The SMILES string of the molecule is Cc1ccc2[nH]c3c(ccc4c5c(c(=O)oc43)CCCC5)c2c1. The Labute approximate surface area is 132 Å². The fourth-order valence-corrected chi connectivity index (χ4v) is 3.98. The largest absolute Gasteiger partial charge is 0.420 e. The molecule has 114 valence electrons. The van der Waals surface area contributed by atoms with E-state index in [-0.39, 0.29) is 5.63 Å². The van der Waals surface area contributed by atoms with Gasteiger partial charge in [0.2, 0.25) is 0 Å². The first-order chi connectivity index (χ1) is 11.2. The Kier molecular flexibility index (Phi) is 2.52. The van der Waals surface area contributed by atoms with Crippen LogP contribution in [0.3, 0.4) is 0 Å². The molecule has 0 amide bonds. The molecular weight excluding hydrogens is 286 g/mol. The minimum Gasteiger partial charge on any atom is -0.420 e. The second kappa shape index (κ2) is 4.48. The number of fused-ring (bicyclic) bond motifs is 7.